The highest BCUT2D eigenvalue weighted by Crippen LogP contribution is 2.14. The second-order valence-electron chi connectivity index (χ2n) is 7.46. The molecule has 29 heavy (non-hydrogen) atoms. The average Bonchev–Trinajstić information content (AvgIpc) is 3.13. The molecule has 0 aliphatic carbocycles. The topological polar surface area (TPSA) is 130 Å². The molecule has 1 aliphatic heterocycles. The quantitative estimate of drug-likeness (QED) is 0.637. The second-order valence-corrected chi connectivity index (χ2v) is 9.95. The van der Waals surface area contributed by atoms with Crippen LogP contribution in [0.4, 0.5) is 0 Å². The van der Waals surface area contributed by atoms with Crippen molar-refractivity contribution in [1.82, 2.24) is 28.3 Å². The number of aromatic amines is 1. The molecule has 160 valence electrons. The number of carbonyl (C=O) groups is 1. The van der Waals surface area contributed by atoms with E-state index in [1.165, 1.54) is 23.0 Å². The van der Waals surface area contributed by atoms with Gasteiger partial charge in [-0.3, -0.25) is 18.7 Å². The van der Waals surface area contributed by atoms with Crippen LogP contribution in [0.1, 0.15) is 26.1 Å². The second kappa shape index (κ2) is 7.75. The van der Waals surface area contributed by atoms with Crippen LogP contribution < -0.4 is 11.2 Å². The first-order valence-electron chi connectivity index (χ1n) is 9.45. The molecule has 0 saturated carbocycles. The molecule has 1 amide bonds. The van der Waals surface area contributed by atoms with Crippen LogP contribution in [0.25, 0.3) is 11.2 Å². The molecule has 0 aromatic carbocycles. The number of aryl methyl sites for hydroxylation is 2. The molecule has 2 aromatic heterocycles. The van der Waals surface area contributed by atoms with E-state index in [9.17, 15) is 22.8 Å². The summed E-state index contributed by atoms with van der Waals surface area (Å²) in [5, 5.41) is -0.485. The zero-order valence-electron chi connectivity index (χ0n) is 17.0. The lowest BCUT2D eigenvalue weighted by atomic mass is 10.2. The van der Waals surface area contributed by atoms with E-state index in [2.05, 4.69) is 9.97 Å². The Kier molecular flexibility index (Phi) is 5.68. The smallest absolute Gasteiger partial charge is 0.332 e. The Morgan fingerprint density at radius 1 is 1.10 bits per heavy atom. The first-order valence-corrected chi connectivity index (χ1v) is 11.0. The van der Waals surface area contributed by atoms with Crippen molar-refractivity contribution in [3.05, 3.63) is 26.7 Å². The van der Waals surface area contributed by atoms with Gasteiger partial charge in [0.05, 0.1) is 5.25 Å². The number of hydrogen-bond donors (Lipinski definition) is 1. The largest absolute Gasteiger partial charge is 0.340 e. The molecule has 3 rings (SSSR count). The Bertz CT molecular complexity index is 1150. The minimum absolute atomic E-state index is 0.103. The van der Waals surface area contributed by atoms with Gasteiger partial charge >= 0.3 is 5.69 Å². The van der Waals surface area contributed by atoms with Gasteiger partial charge < -0.3 is 9.88 Å². The fourth-order valence-electron chi connectivity index (χ4n) is 3.37. The molecule has 1 aliphatic rings. The Hall–Kier alpha value is -2.47. The molecule has 12 heteroatoms. The highest BCUT2D eigenvalue weighted by molar-refractivity contribution is 7.89. The van der Waals surface area contributed by atoms with Gasteiger partial charge in [-0.15, -0.1) is 0 Å². The van der Waals surface area contributed by atoms with Crippen molar-refractivity contribution in [2.24, 2.45) is 14.1 Å². The summed E-state index contributed by atoms with van der Waals surface area (Å²) in [5.41, 5.74) is -0.445. The third-order valence-electron chi connectivity index (χ3n) is 5.27. The van der Waals surface area contributed by atoms with Gasteiger partial charge in [0.25, 0.3) is 5.56 Å². The summed E-state index contributed by atoms with van der Waals surface area (Å²) in [5.74, 6) is 0.349. The number of nitrogens with one attached hydrogen (secondary N) is 1. The number of H-pyrrole nitrogens is 1. The highest BCUT2D eigenvalue weighted by atomic mass is 32.2. The summed E-state index contributed by atoms with van der Waals surface area (Å²) >= 11 is 0. The highest BCUT2D eigenvalue weighted by Gasteiger charge is 2.30. The first-order chi connectivity index (χ1) is 13.5. The number of amides is 1. The molecule has 0 radical (unpaired) electrons. The number of carbonyl (C=O) groups excluding carboxylic acids is 1. The standard InChI is InChI=1S/C17H26N6O5S/c1-11(2)29(27,28)23-9-7-22(8-10-23)13(24)6-5-12-18-14-15(19-12)20(3)17(26)21(4)16(14)25/h11H,5-10H2,1-4H3,(H,18,19). The van der Waals surface area contributed by atoms with E-state index in [1.807, 2.05) is 0 Å². The average molecular weight is 426 g/mol. The Balaban J connectivity index is 1.65. The minimum atomic E-state index is -3.31. The number of hydrogen-bond acceptors (Lipinski definition) is 6. The zero-order chi connectivity index (χ0) is 21.5. The van der Waals surface area contributed by atoms with Crippen molar-refractivity contribution >= 4 is 27.1 Å². The number of sulfonamides is 1. The lowest BCUT2D eigenvalue weighted by Crippen LogP contribution is -2.52. The van der Waals surface area contributed by atoms with Crippen LogP contribution in [-0.4, -0.2) is 74.1 Å². The van der Waals surface area contributed by atoms with Crippen LogP contribution in [0.15, 0.2) is 9.59 Å². The van der Waals surface area contributed by atoms with Gasteiger partial charge in [0, 0.05) is 53.1 Å². The molecule has 0 spiro atoms. The van der Waals surface area contributed by atoms with Crippen LogP contribution in [-0.2, 0) is 35.3 Å². The van der Waals surface area contributed by atoms with Gasteiger partial charge in [0.2, 0.25) is 15.9 Å². The minimum Gasteiger partial charge on any atom is -0.340 e. The molecule has 1 fully saturated rings. The summed E-state index contributed by atoms with van der Waals surface area (Å²) in [7, 11) is -0.385. The van der Waals surface area contributed by atoms with Crippen LogP contribution in [0.3, 0.4) is 0 Å². The Morgan fingerprint density at radius 3 is 2.31 bits per heavy atom. The maximum absolute atomic E-state index is 12.5. The van der Waals surface area contributed by atoms with Crippen LogP contribution in [0.5, 0.6) is 0 Å². The van der Waals surface area contributed by atoms with Gasteiger partial charge in [-0.2, -0.15) is 4.31 Å². The lowest BCUT2D eigenvalue weighted by Gasteiger charge is -2.34. The van der Waals surface area contributed by atoms with Crippen molar-refractivity contribution < 1.29 is 13.2 Å². The van der Waals surface area contributed by atoms with E-state index in [0.717, 1.165) is 4.57 Å². The summed E-state index contributed by atoms with van der Waals surface area (Å²) in [6.45, 7) is 4.55. The summed E-state index contributed by atoms with van der Waals surface area (Å²) in [6.07, 6.45) is 0.459. The number of piperazine rings is 1. The van der Waals surface area contributed by atoms with E-state index >= 15 is 0 Å². The number of rotatable bonds is 5. The van der Waals surface area contributed by atoms with Gasteiger partial charge in [-0.05, 0) is 13.8 Å². The molecule has 11 nitrogen and oxygen atoms in total. The summed E-state index contributed by atoms with van der Waals surface area (Å²) in [4.78, 5) is 45.6. The fraction of sp³-hybridized carbons (Fsp3) is 0.647. The van der Waals surface area contributed by atoms with Crippen LogP contribution >= 0.6 is 0 Å². The predicted molar refractivity (Wildman–Crippen MR) is 107 cm³/mol. The molecular formula is C17H26N6O5S. The molecular weight excluding hydrogens is 400 g/mol. The molecule has 3 heterocycles. The van der Waals surface area contributed by atoms with Gasteiger partial charge in [-0.25, -0.2) is 18.2 Å². The van der Waals surface area contributed by atoms with Crippen molar-refractivity contribution in [3.8, 4) is 0 Å². The maximum Gasteiger partial charge on any atom is 0.332 e. The summed E-state index contributed by atoms with van der Waals surface area (Å²) < 4.78 is 28.2. The van der Waals surface area contributed by atoms with Crippen molar-refractivity contribution in [2.45, 2.75) is 31.9 Å². The molecule has 2 aromatic rings. The van der Waals surface area contributed by atoms with Crippen molar-refractivity contribution in [1.29, 1.82) is 0 Å². The van der Waals surface area contributed by atoms with E-state index in [1.54, 1.807) is 18.7 Å². The lowest BCUT2D eigenvalue weighted by molar-refractivity contribution is -0.132. The Labute approximate surface area is 168 Å². The molecule has 1 saturated heterocycles. The monoisotopic (exact) mass is 426 g/mol. The molecule has 0 unspecified atom stereocenters. The fourth-order valence-corrected chi connectivity index (χ4v) is 4.63. The predicted octanol–water partition coefficient (Wildman–Crippen LogP) is -1.22. The maximum atomic E-state index is 12.5. The van der Waals surface area contributed by atoms with Crippen molar-refractivity contribution in [2.75, 3.05) is 26.2 Å². The van der Waals surface area contributed by atoms with E-state index in [-0.39, 0.29) is 43.0 Å². The number of nitrogens with zero attached hydrogens (tertiary/aromatic N) is 5. The van der Waals surface area contributed by atoms with E-state index < -0.39 is 26.5 Å². The number of aromatic nitrogens is 4. The molecule has 1 N–H and O–H groups in total. The Morgan fingerprint density at radius 2 is 1.72 bits per heavy atom. The summed E-state index contributed by atoms with van der Waals surface area (Å²) in [6, 6.07) is 0. The van der Waals surface area contributed by atoms with E-state index in [4.69, 9.17) is 0 Å². The SMILES string of the molecule is CC(C)S(=O)(=O)N1CCN(C(=O)CCc2nc3c([nH]2)c(=O)n(C)c(=O)n3C)CC1. The number of fused-ring (bicyclic) bond motifs is 1. The van der Waals surface area contributed by atoms with Gasteiger partial charge in [-0.1, -0.05) is 0 Å². The van der Waals surface area contributed by atoms with E-state index in [0.29, 0.717) is 18.9 Å². The van der Waals surface area contributed by atoms with Crippen LogP contribution in [0, 0.1) is 0 Å². The van der Waals surface area contributed by atoms with Gasteiger partial charge in [0.15, 0.2) is 5.65 Å². The third-order valence-corrected chi connectivity index (χ3v) is 7.54. The third kappa shape index (κ3) is 3.86. The molecule has 0 bridgehead atoms. The normalized spacial score (nSPS) is 16.1. The number of imidazole rings is 1. The van der Waals surface area contributed by atoms with Gasteiger partial charge in [0.1, 0.15) is 11.3 Å². The molecule has 0 atom stereocenters. The van der Waals surface area contributed by atoms with Crippen molar-refractivity contribution in [3.63, 3.8) is 0 Å². The first kappa shape index (κ1) is 21.2. The zero-order valence-corrected chi connectivity index (χ0v) is 17.8. The van der Waals surface area contributed by atoms with Crippen LogP contribution in [0.2, 0.25) is 0 Å².